The van der Waals surface area contributed by atoms with Crippen LogP contribution in [-0.4, -0.2) is 10.2 Å². The van der Waals surface area contributed by atoms with Gasteiger partial charge in [-0.15, -0.1) is 0 Å². The van der Waals surface area contributed by atoms with Crippen LogP contribution in [0.25, 0.3) is 0 Å². The SMILES string of the molecule is O=c1[nH]ncc(NCc2ccco2)c1Cl. The van der Waals surface area contributed by atoms with Crippen LogP contribution in [0.4, 0.5) is 5.69 Å². The molecule has 6 heteroatoms. The molecule has 78 valence electrons. The predicted octanol–water partition coefficient (Wildman–Crippen LogP) is 1.63. The largest absolute Gasteiger partial charge is 0.467 e. The van der Waals surface area contributed by atoms with Crippen LogP contribution in [0.2, 0.25) is 5.02 Å². The maximum Gasteiger partial charge on any atom is 0.285 e. The average molecular weight is 226 g/mol. The van der Waals surface area contributed by atoms with Crippen molar-refractivity contribution in [1.82, 2.24) is 10.2 Å². The van der Waals surface area contributed by atoms with E-state index in [0.29, 0.717) is 12.2 Å². The van der Waals surface area contributed by atoms with Crippen molar-refractivity contribution in [2.75, 3.05) is 5.32 Å². The lowest BCUT2D eigenvalue weighted by molar-refractivity contribution is 0.518. The van der Waals surface area contributed by atoms with Gasteiger partial charge in [-0.2, -0.15) is 5.10 Å². The predicted molar refractivity (Wildman–Crippen MR) is 55.9 cm³/mol. The molecule has 0 aromatic carbocycles. The molecule has 5 nitrogen and oxygen atoms in total. The Morgan fingerprint density at radius 3 is 3.20 bits per heavy atom. The monoisotopic (exact) mass is 225 g/mol. The average Bonchev–Trinajstić information content (AvgIpc) is 2.73. The fraction of sp³-hybridized carbons (Fsp3) is 0.111. The Hall–Kier alpha value is -1.75. The molecule has 15 heavy (non-hydrogen) atoms. The summed E-state index contributed by atoms with van der Waals surface area (Å²) in [6.07, 6.45) is 3.03. The van der Waals surface area contributed by atoms with E-state index in [-0.39, 0.29) is 5.02 Å². The first-order valence-corrected chi connectivity index (χ1v) is 4.64. The molecule has 2 N–H and O–H groups in total. The van der Waals surface area contributed by atoms with Crippen molar-refractivity contribution >= 4 is 17.3 Å². The maximum absolute atomic E-state index is 11.1. The van der Waals surface area contributed by atoms with E-state index in [1.54, 1.807) is 12.3 Å². The molecular weight excluding hydrogens is 218 g/mol. The minimum absolute atomic E-state index is 0.0940. The van der Waals surface area contributed by atoms with Crippen LogP contribution in [0.5, 0.6) is 0 Å². The van der Waals surface area contributed by atoms with E-state index in [2.05, 4.69) is 15.5 Å². The van der Waals surface area contributed by atoms with Gasteiger partial charge in [-0.05, 0) is 12.1 Å². The van der Waals surface area contributed by atoms with Crippen LogP contribution in [0.3, 0.4) is 0 Å². The Bertz CT molecular complexity index is 492. The van der Waals surface area contributed by atoms with Gasteiger partial charge in [0.25, 0.3) is 5.56 Å². The second-order valence-electron chi connectivity index (χ2n) is 2.86. The highest BCUT2D eigenvalue weighted by Gasteiger charge is 2.04. The van der Waals surface area contributed by atoms with Crippen LogP contribution in [0, 0.1) is 0 Å². The Morgan fingerprint density at radius 1 is 1.60 bits per heavy atom. The van der Waals surface area contributed by atoms with Crippen molar-refractivity contribution in [3.8, 4) is 0 Å². The smallest absolute Gasteiger partial charge is 0.285 e. The Morgan fingerprint density at radius 2 is 2.47 bits per heavy atom. The quantitative estimate of drug-likeness (QED) is 0.833. The zero-order valence-electron chi connectivity index (χ0n) is 7.66. The molecule has 2 heterocycles. The van der Waals surface area contributed by atoms with Gasteiger partial charge in [0, 0.05) is 0 Å². The number of H-pyrrole nitrogens is 1. The maximum atomic E-state index is 11.1. The highest BCUT2D eigenvalue weighted by Crippen LogP contribution is 2.15. The molecule has 0 aliphatic carbocycles. The van der Waals surface area contributed by atoms with E-state index in [4.69, 9.17) is 16.0 Å². The van der Waals surface area contributed by atoms with Crippen LogP contribution < -0.4 is 10.9 Å². The number of nitrogens with one attached hydrogen (secondary N) is 2. The molecule has 0 fully saturated rings. The van der Waals surface area contributed by atoms with Crippen molar-refractivity contribution in [2.45, 2.75) is 6.54 Å². The van der Waals surface area contributed by atoms with Crippen molar-refractivity contribution in [2.24, 2.45) is 0 Å². The number of rotatable bonds is 3. The molecule has 0 aliphatic rings. The van der Waals surface area contributed by atoms with E-state index in [9.17, 15) is 4.79 Å². The lowest BCUT2D eigenvalue weighted by Gasteiger charge is -2.04. The number of aromatic nitrogens is 2. The second-order valence-corrected chi connectivity index (χ2v) is 3.24. The zero-order valence-corrected chi connectivity index (χ0v) is 8.41. The summed E-state index contributed by atoms with van der Waals surface area (Å²) in [5, 5.41) is 8.90. The number of hydrogen-bond donors (Lipinski definition) is 2. The highest BCUT2D eigenvalue weighted by atomic mass is 35.5. The van der Waals surface area contributed by atoms with Crippen LogP contribution in [-0.2, 0) is 6.54 Å². The summed E-state index contributed by atoms with van der Waals surface area (Å²) in [4.78, 5) is 11.1. The molecule has 0 unspecified atom stereocenters. The molecule has 2 rings (SSSR count). The molecule has 0 saturated heterocycles. The molecule has 0 spiro atoms. The number of halogens is 1. The minimum atomic E-state index is -0.416. The van der Waals surface area contributed by atoms with E-state index >= 15 is 0 Å². The van der Waals surface area contributed by atoms with Crippen molar-refractivity contribution in [3.63, 3.8) is 0 Å². The number of nitrogens with zero attached hydrogens (tertiary/aromatic N) is 1. The first-order chi connectivity index (χ1) is 7.27. The lowest BCUT2D eigenvalue weighted by atomic mass is 10.4. The zero-order chi connectivity index (χ0) is 10.7. The van der Waals surface area contributed by atoms with E-state index < -0.39 is 5.56 Å². The summed E-state index contributed by atoms with van der Waals surface area (Å²) in [6.45, 7) is 0.456. The van der Waals surface area contributed by atoms with Crippen molar-refractivity contribution < 1.29 is 4.42 Å². The number of anilines is 1. The minimum Gasteiger partial charge on any atom is -0.467 e. The first kappa shape index (κ1) is 9.79. The van der Waals surface area contributed by atoms with Crippen molar-refractivity contribution in [1.29, 1.82) is 0 Å². The van der Waals surface area contributed by atoms with Gasteiger partial charge in [0.2, 0.25) is 0 Å². The standard InChI is InChI=1S/C9H8ClN3O2/c10-8-7(5-12-13-9(8)14)11-4-6-2-1-3-15-6/h1-3,5H,4H2,(H2,11,13,14). The molecule has 2 aromatic heterocycles. The third-order valence-electron chi connectivity index (χ3n) is 1.83. The molecule has 0 radical (unpaired) electrons. The molecule has 0 amide bonds. The molecule has 0 bridgehead atoms. The summed E-state index contributed by atoms with van der Waals surface area (Å²) >= 11 is 5.76. The highest BCUT2D eigenvalue weighted by molar-refractivity contribution is 6.32. The van der Waals surface area contributed by atoms with E-state index in [1.165, 1.54) is 6.20 Å². The third kappa shape index (κ3) is 2.19. The van der Waals surface area contributed by atoms with Gasteiger partial charge >= 0.3 is 0 Å². The third-order valence-corrected chi connectivity index (χ3v) is 2.20. The summed E-state index contributed by atoms with van der Waals surface area (Å²) < 4.78 is 5.11. The van der Waals surface area contributed by atoms with Gasteiger partial charge in [0.1, 0.15) is 10.8 Å². The van der Waals surface area contributed by atoms with Crippen molar-refractivity contribution in [3.05, 3.63) is 45.7 Å². The summed E-state index contributed by atoms with van der Waals surface area (Å²) in [7, 11) is 0. The normalized spacial score (nSPS) is 10.2. The topological polar surface area (TPSA) is 70.9 Å². The Kier molecular flexibility index (Phi) is 2.73. The van der Waals surface area contributed by atoms with Gasteiger partial charge in [-0.1, -0.05) is 11.6 Å². The van der Waals surface area contributed by atoms with Gasteiger partial charge in [0.05, 0.1) is 24.7 Å². The number of aromatic amines is 1. The Balaban J connectivity index is 2.12. The van der Waals surface area contributed by atoms with Gasteiger partial charge < -0.3 is 9.73 Å². The van der Waals surface area contributed by atoms with Gasteiger partial charge in [-0.3, -0.25) is 4.79 Å². The summed E-state index contributed by atoms with van der Waals surface area (Å²) in [5.74, 6) is 0.756. The number of furan rings is 1. The molecule has 0 saturated carbocycles. The number of hydrogen-bond acceptors (Lipinski definition) is 4. The van der Waals surface area contributed by atoms with Crippen LogP contribution in [0.1, 0.15) is 5.76 Å². The van der Waals surface area contributed by atoms with Crippen LogP contribution in [0.15, 0.2) is 33.8 Å². The summed E-state index contributed by atoms with van der Waals surface area (Å²) in [5.41, 5.74) is 0.0675. The molecule has 0 aliphatic heterocycles. The molecule has 0 atom stereocenters. The molecule has 2 aromatic rings. The summed E-state index contributed by atoms with van der Waals surface area (Å²) in [6, 6.07) is 3.61. The molecular formula is C9H8ClN3O2. The fourth-order valence-corrected chi connectivity index (χ4v) is 1.26. The van der Waals surface area contributed by atoms with E-state index in [0.717, 1.165) is 5.76 Å². The second kappa shape index (κ2) is 4.18. The van der Waals surface area contributed by atoms with Gasteiger partial charge in [0.15, 0.2) is 0 Å². The first-order valence-electron chi connectivity index (χ1n) is 4.27. The van der Waals surface area contributed by atoms with Gasteiger partial charge in [-0.25, -0.2) is 5.10 Å². The van der Waals surface area contributed by atoms with E-state index in [1.807, 2.05) is 6.07 Å². The fourth-order valence-electron chi connectivity index (χ4n) is 1.10. The Labute approximate surface area is 90.1 Å². The van der Waals surface area contributed by atoms with Crippen LogP contribution >= 0.6 is 11.6 Å². The lowest BCUT2D eigenvalue weighted by Crippen LogP contribution is -2.11.